The number of carbonyl (C=O) groups is 2. The van der Waals surface area contributed by atoms with Crippen LogP contribution in [0.5, 0.6) is 0 Å². The van der Waals surface area contributed by atoms with Gasteiger partial charge in [-0.3, -0.25) is 9.59 Å². The molecule has 0 amide bonds. The van der Waals surface area contributed by atoms with Crippen LogP contribution in [0.3, 0.4) is 0 Å². The van der Waals surface area contributed by atoms with Gasteiger partial charge in [0.15, 0.2) is 0 Å². The van der Waals surface area contributed by atoms with E-state index in [-0.39, 0.29) is 22.7 Å². The molecule has 2 aliphatic rings. The van der Waals surface area contributed by atoms with Crippen LogP contribution >= 0.6 is 11.8 Å². The molecule has 90 valence electrons. The fourth-order valence-electron chi connectivity index (χ4n) is 3.29. The summed E-state index contributed by atoms with van der Waals surface area (Å²) >= 11 is 1.90. The largest absolute Gasteiger partial charge is 0.299 e. The van der Waals surface area contributed by atoms with E-state index in [4.69, 9.17) is 0 Å². The fourth-order valence-corrected chi connectivity index (χ4v) is 4.48. The van der Waals surface area contributed by atoms with Gasteiger partial charge in [0.1, 0.15) is 11.6 Å². The number of ketones is 2. The van der Waals surface area contributed by atoms with Crippen molar-refractivity contribution in [3.63, 3.8) is 0 Å². The van der Waals surface area contributed by atoms with Crippen LogP contribution in [0, 0.1) is 5.92 Å². The van der Waals surface area contributed by atoms with Crippen molar-refractivity contribution in [2.24, 2.45) is 5.92 Å². The molecule has 2 fully saturated rings. The van der Waals surface area contributed by atoms with E-state index in [1.54, 1.807) is 0 Å². The van der Waals surface area contributed by atoms with Gasteiger partial charge in [0.2, 0.25) is 0 Å². The first-order valence-corrected chi connectivity index (χ1v) is 7.47. The Morgan fingerprint density at radius 1 is 1.06 bits per heavy atom. The smallest absolute Gasteiger partial charge is 0.140 e. The summed E-state index contributed by atoms with van der Waals surface area (Å²) in [5.74, 6) is 0.650. The highest BCUT2D eigenvalue weighted by Gasteiger charge is 2.42. The van der Waals surface area contributed by atoms with E-state index in [1.807, 2.05) is 11.8 Å². The van der Waals surface area contributed by atoms with Crippen molar-refractivity contribution in [3.05, 3.63) is 0 Å². The molecule has 0 aromatic heterocycles. The lowest BCUT2D eigenvalue weighted by atomic mass is 9.72. The Kier molecular flexibility index (Phi) is 3.73. The normalized spacial score (nSPS) is 27.1. The van der Waals surface area contributed by atoms with E-state index in [9.17, 15) is 9.59 Å². The highest BCUT2D eigenvalue weighted by molar-refractivity contribution is 8.00. The molecule has 0 spiro atoms. The third-order valence-corrected chi connectivity index (χ3v) is 5.75. The summed E-state index contributed by atoms with van der Waals surface area (Å²) in [6.45, 7) is 0. The predicted octanol–water partition coefficient (Wildman–Crippen LogP) is 2.99. The molecule has 0 aromatic carbocycles. The molecule has 3 heteroatoms. The van der Waals surface area contributed by atoms with Gasteiger partial charge in [-0.05, 0) is 25.0 Å². The number of Topliss-reactive ketones (excluding diaryl/α,β-unsaturated/α-hetero) is 2. The lowest BCUT2D eigenvalue weighted by molar-refractivity contribution is -0.131. The monoisotopic (exact) mass is 240 g/mol. The summed E-state index contributed by atoms with van der Waals surface area (Å²) in [6.07, 6.45) is 9.87. The summed E-state index contributed by atoms with van der Waals surface area (Å²) in [5, 5.41) is 0. The van der Waals surface area contributed by atoms with E-state index < -0.39 is 0 Å². The molecule has 0 radical (unpaired) electrons. The summed E-state index contributed by atoms with van der Waals surface area (Å²) in [6, 6.07) is 0. The maximum absolute atomic E-state index is 11.6. The van der Waals surface area contributed by atoms with Gasteiger partial charge in [-0.2, -0.15) is 11.8 Å². The zero-order chi connectivity index (χ0) is 11.6. The van der Waals surface area contributed by atoms with E-state index in [0.717, 1.165) is 0 Å². The molecule has 0 heterocycles. The molecule has 0 aromatic rings. The van der Waals surface area contributed by atoms with Gasteiger partial charge in [0, 0.05) is 17.6 Å². The van der Waals surface area contributed by atoms with Crippen LogP contribution in [-0.2, 0) is 9.59 Å². The maximum Gasteiger partial charge on any atom is 0.140 e. The van der Waals surface area contributed by atoms with Crippen LogP contribution in [0.1, 0.15) is 51.4 Å². The molecule has 16 heavy (non-hydrogen) atoms. The number of thioether (sulfide) groups is 1. The Morgan fingerprint density at radius 2 is 1.62 bits per heavy atom. The molecule has 0 N–H and O–H groups in total. The molecule has 2 nitrogen and oxygen atoms in total. The Hall–Kier alpha value is -0.310. The highest BCUT2D eigenvalue weighted by atomic mass is 32.2. The van der Waals surface area contributed by atoms with E-state index in [2.05, 4.69) is 6.26 Å². The summed E-state index contributed by atoms with van der Waals surface area (Å²) in [4.78, 5) is 23.1. The van der Waals surface area contributed by atoms with Gasteiger partial charge in [0.25, 0.3) is 0 Å². The zero-order valence-corrected chi connectivity index (χ0v) is 10.8. The van der Waals surface area contributed by atoms with Crippen molar-refractivity contribution in [1.82, 2.24) is 0 Å². The van der Waals surface area contributed by atoms with Crippen molar-refractivity contribution in [2.45, 2.75) is 56.1 Å². The van der Waals surface area contributed by atoms with E-state index in [0.29, 0.717) is 18.8 Å². The SMILES string of the molecule is CSC1(C2CC(=O)CC(=O)C2)CCCCC1. The van der Waals surface area contributed by atoms with E-state index in [1.165, 1.54) is 32.1 Å². The van der Waals surface area contributed by atoms with Gasteiger partial charge in [-0.1, -0.05) is 19.3 Å². The van der Waals surface area contributed by atoms with Gasteiger partial charge in [-0.25, -0.2) is 0 Å². The van der Waals surface area contributed by atoms with Gasteiger partial charge in [-0.15, -0.1) is 0 Å². The maximum atomic E-state index is 11.6. The first kappa shape index (κ1) is 12.2. The number of hydrogen-bond acceptors (Lipinski definition) is 3. The Bertz CT molecular complexity index is 276. The second kappa shape index (κ2) is 4.91. The van der Waals surface area contributed by atoms with E-state index >= 15 is 0 Å². The zero-order valence-electron chi connectivity index (χ0n) is 9.96. The molecule has 2 saturated carbocycles. The quantitative estimate of drug-likeness (QED) is 0.696. The summed E-state index contributed by atoms with van der Waals surface area (Å²) in [5.41, 5.74) is 0. The minimum Gasteiger partial charge on any atom is -0.299 e. The first-order valence-electron chi connectivity index (χ1n) is 6.25. The van der Waals surface area contributed by atoms with Crippen molar-refractivity contribution in [1.29, 1.82) is 0 Å². The van der Waals surface area contributed by atoms with Gasteiger partial charge >= 0.3 is 0 Å². The third-order valence-electron chi connectivity index (χ3n) is 4.19. The van der Waals surface area contributed by atoms with Crippen LogP contribution in [0.15, 0.2) is 0 Å². The average Bonchev–Trinajstić information content (AvgIpc) is 2.28. The van der Waals surface area contributed by atoms with Gasteiger partial charge in [0.05, 0.1) is 6.42 Å². The molecule has 0 atom stereocenters. The second-order valence-electron chi connectivity index (χ2n) is 5.19. The van der Waals surface area contributed by atoms with Crippen molar-refractivity contribution in [2.75, 3.05) is 6.26 Å². The lowest BCUT2D eigenvalue weighted by Crippen LogP contribution is -2.41. The number of rotatable bonds is 2. The molecule has 0 unspecified atom stereocenters. The molecular weight excluding hydrogens is 220 g/mol. The second-order valence-corrected chi connectivity index (χ2v) is 6.41. The highest BCUT2D eigenvalue weighted by Crippen LogP contribution is 2.48. The predicted molar refractivity (Wildman–Crippen MR) is 66.7 cm³/mol. The molecular formula is C13H20O2S. The van der Waals surface area contributed by atoms with Crippen LogP contribution in [0.4, 0.5) is 0 Å². The van der Waals surface area contributed by atoms with Crippen LogP contribution in [0.25, 0.3) is 0 Å². The van der Waals surface area contributed by atoms with Crippen molar-refractivity contribution < 1.29 is 9.59 Å². The Morgan fingerprint density at radius 3 is 2.12 bits per heavy atom. The molecule has 0 aliphatic heterocycles. The molecule has 0 bridgehead atoms. The fraction of sp³-hybridized carbons (Fsp3) is 0.846. The van der Waals surface area contributed by atoms with Gasteiger partial charge < -0.3 is 0 Å². The molecule has 0 saturated heterocycles. The van der Waals surface area contributed by atoms with Crippen LogP contribution < -0.4 is 0 Å². The van der Waals surface area contributed by atoms with Crippen molar-refractivity contribution in [3.8, 4) is 0 Å². The Balaban J connectivity index is 2.13. The summed E-state index contributed by atoms with van der Waals surface area (Å²) < 4.78 is 0.226. The minimum atomic E-state index is 0.167. The number of carbonyl (C=O) groups excluding carboxylic acids is 2. The Labute approximate surface area is 102 Å². The third kappa shape index (κ3) is 2.34. The topological polar surface area (TPSA) is 34.1 Å². The summed E-state index contributed by atoms with van der Waals surface area (Å²) in [7, 11) is 0. The number of hydrogen-bond donors (Lipinski definition) is 0. The lowest BCUT2D eigenvalue weighted by Gasteiger charge is -2.43. The first-order chi connectivity index (χ1) is 7.66. The standard InChI is InChI=1S/C13H20O2S/c1-16-13(5-3-2-4-6-13)10-7-11(14)9-12(15)8-10/h10H,2-9H2,1H3. The van der Waals surface area contributed by atoms with Crippen LogP contribution in [-0.4, -0.2) is 22.6 Å². The van der Waals surface area contributed by atoms with Crippen LogP contribution in [0.2, 0.25) is 0 Å². The average molecular weight is 240 g/mol. The molecule has 2 aliphatic carbocycles. The minimum absolute atomic E-state index is 0.167. The van der Waals surface area contributed by atoms with Crippen molar-refractivity contribution >= 4 is 23.3 Å². The molecule has 2 rings (SSSR count).